The number of carbonyl (C=O) groups excluding carboxylic acids is 1. The van der Waals surface area contributed by atoms with Crippen molar-refractivity contribution in [2.24, 2.45) is 0 Å². The summed E-state index contributed by atoms with van der Waals surface area (Å²) in [6.45, 7) is 5.18. The van der Waals surface area contributed by atoms with Crippen LogP contribution in [0.2, 0.25) is 0 Å². The average Bonchev–Trinajstić information content (AvgIpc) is 2.66. The Hall–Kier alpha value is -2.33. The molecule has 0 aromatic heterocycles. The predicted octanol–water partition coefficient (Wildman–Crippen LogP) is 5.01. The summed E-state index contributed by atoms with van der Waals surface area (Å²) in [5, 5.41) is 6.25. The van der Waals surface area contributed by atoms with Crippen molar-refractivity contribution < 1.29 is 4.79 Å². The van der Waals surface area contributed by atoms with E-state index >= 15 is 0 Å². The molecule has 148 valence electrons. The van der Waals surface area contributed by atoms with Crippen molar-refractivity contribution in [3.8, 4) is 0 Å². The third-order valence-electron chi connectivity index (χ3n) is 6.34. The number of para-hydroxylation sites is 1. The predicted molar refractivity (Wildman–Crippen MR) is 115 cm³/mol. The fraction of sp³-hybridized carbons (Fsp3) is 0.458. The first kappa shape index (κ1) is 19.0. The highest BCUT2D eigenvalue weighted by Gasteiger charge is 2.38. The molecule has 2 saturated heterocycles. The Morgan fingerprint density at radius 3 is 2.36 bits per heavy atom. The average molecular weight is 378 g/mol. The molecule has 28 heavy (non-hydrogen) atoms. The number of piperidine rings is 2. The van der Waals surface area contributed by atoms with Gasteiger partial charge in [0, 0.05) is 30.4 Å². The van der Waals surface area contributed by atoms with E-state index in [-0.39, 0.29) is 12.1 Å². The van der Waals surface area contributed by atoms with E-state index in [1.165, 1.54) is 30.4 Å². The molecule has 0 unspecified atom stereocenters. The van der Waals surface area contributed by atoms with Crippen molar-refractivity contribution in [2.75, 3.05) is 5.32 Å². The highest BCUT2D eigenvalue weighted by atomic mass is 16.2. The molecule has 0 radical (unpaired) electrons. The first-order chi connectivity index (χ1) is 13.6. The highest BCUT2D eigenvalue weighted by Crippen LogP contribution is 2.35. The lowest BCUT2D eigenvalue weighted by Gasteiger charge is -2.49. The molecule has 2 fully saturated rings. The topological polar surface area (TPSA) is 44.4 Å². The van der Waals surface area contributed by atoms with Crippen molar-refractivity contribution in [1.29, 1.82) is 0 Å². The van der Waals surface area contributed by atoms with Crippen molar-refractivity contribution in [2.45, 2.75) is 70.6 Å². The van der Waals surface area contributed by atoms with Gasteiger partial charge in [0.05, 0.1) is 0 Å². The normalized spacial score (nSPS) is 24.6. The summed E-state index contributed by atoms with van der Waals surface area (Å²) in [6.07, 6.45) is 5.87. The summed E-state index contributed by atoms with van der Waals surface area (Å²) < 4.78 is 0. The third-order valence-corrected chi connectivity index (χ3v) is 6.34. The molecule has 4 rings (SSSR count). The van der Waals surface area contributed by atoms with Crippen LogP contribution in [0.25, 0.3) is 0 Å². The molecule has 2 atom stereocenters. The van der Waals surface area contributed by atoms with Crippen LogP contribution in [0, 0.1) is 13.8 Å². The number of amides is 2. The molecular weight excluding hydrogens is 346 g/mol. The van der Waals surface area contributed by atoms with E-state index in [9.17, 15) is 4.79 Å². The monoisotopic (exact) mass is 377 g/mol. The Morgan fingerprint density at radius 2 is 1.68 bits per heavy atom. The minimum atomic E-state index is -0.0793. The first-order valence-corrected chi connectivity index (χ1v) is 10.5. The molecule has 0 spiro atoms. The van der Waals surface area contributed by atoms with Gasteiger partial charge in [-0.1, -0.05) is 54.4 Å². The lowest BCUT2D eigenvalue weighted by Crippen LogP contribution is -2.56. The summed E-state index contributed by atoms with van der Waals surface area (Å²) in [4.78, 5) is 15.2. The lowest BCUT2D eigenvalue weighted by atomic mass is 9.81. The molecule has 2 aliphatic heterocycles. The zero-order valence-electron chi connectivity index (χ0n) is 16.9. The number of nitrogens with one attached hydrogen (secondary N) is 2. The Morgan fingerprint density at radius 1 is 1.00 bits per heavy atom. The lowest BCUT2D eigenvalue weighted by molar-refractivity contribution is 0.0200. The number of rotatable bonds is 4. The molecule has 2 bridgehead atoms. The Balaban J connectivity index is 1.37. The summed E-state index contributed by atoms with van der Waals surface area (Å²) in [6, 6.07) is 18.1. The van der Waals surface area contributed by atoms with Crippen LogP contribution in [-0.4, -0.2) is 29.1 Å². The van der Waals surface area contributed by atoms with E-state index in [2.05, 4.69) is 46.7 Å². The number of fused-ring (bicyclic) bond motifs is 2. The van der Waals surface area contributed by atoms with Gasteiger partial charge in [-0.05, 0) is 56.7 Å². The van der Waals surface area contributed by atoms with Crippen LogP contribution >= 0.6 is 0 Å². The van der Waals surface area contributed by atoms with Crippen LogP contribution in [0.3, 0.4) is 0 Å². The fourth-order valence-corrected chi connectivity index (χ4v) is 4.82. The Kier molecular flexibility index (Phi) is 5.67. The van der Waals surface area contributed by atoms with Gasteiger partial charge in [-0.3, -0.25) is 4.90 Å². The SMILES string of the molecule is Cc1ccc(CN2[C@@H]3CCC[C@@H]2CC(NC(=O)Nc2ccccc2C)C3)cc1. The second kappa shape index (κ2) is 8.36. The molecule has 2 aliphatic rings. The smallest absolute Gasteiger partial charge is 0.319 e. The van der Waals surface area contributed by atoms with Crippen molar-refractivity contribution in [3.05, 3.63) is 65.2 Å². The zero-order valence-corrected chi connectivity index (χ0v) is 16.9. The maximum atomic E-state index is 12.5. The number of anilines is 1. The molecule has 2 N–H and O–H groups in total. The number of aryl methyl sites for hydroxylation is 2. The van der Waals surface area contributed by atoms with Gasteiger partial charge in [-0.25, -0.2) is 4.79 Å². The molecule has 0 saturated carbocycles. The van der Waals surface area contributed by atoms with Crippen molar-refractivity contribution in [3.63, 3.8) is 0 Å². The van der Waals surface area contributed by atoms with E-state index in [0.29, 0.717) is 12.1 Å². The largest absolute Gasteiger partial charge is 0.335 e. The zero-order chi connectivity index (χ0) is 19.5. The molecule has 2 aromatic carbocycles. The number of benzene rings is 2. The number of nitrogens with zero attached hydrogens (tertiary/aromatic N) is 1. The number of hydrogen-bond acceptors (Lipinski definition) is 2. The second-order valence-electron chi connectivity index (χ2n) is 8.48. The van der Waals surface area contributed by atoms with Crippen LogP contribution in [0.1, 0.15) is 48.8 Å². The quantitative estimate of drug-likeness (QED) is 0.786. The second-order valence-corrected chi connectivity index (χ2v) is 8.48. The summed E-state index contributed by atoms with van der Waals surface area (Å²) in [7, 11) is 0. The first-order valence-electron chi connectivity index (χ1n) is 10.5. The van der Waals surface area contributed by atoms with Gasteiger partial charge in [0.15, 0.2) is 0 Å². The minimum absolute atomic E-state index is 0.0793. The van der Waals surface area contributed by atoms with E-state index in [1.54, 1.807) is 0 Å². The van der Waals surface area contributed by atoms with Crippen LogP contribution in [0.15, 0.2) is 48.5 Å². The fourth-order valence-electron chi connectivity index (χ4n) is 4.82. The highest BCUT2D eigenvalue weighted by molar-refractivity contribution is 5.90. The van der Waals surface area contributed by atoms with Gasteiger partial charge in [0.2, 0.25) is 0 Å². The van der Waals surface area contributed by atoms with E-state index in [1.807, 2.05) is 31.2 Å². The van der Waals surface area contributed by atoms with Gasteiger partial charge < -0.3 is 10.6 Å². The molecule has 2 aromatic rings. The molecule has 2 heterocycles. The van der Waals surface area contributed by atoms with Crippen LogP contribution in [-0.2, 0) is 6.54 Å². The molecule has 4 nitrogen and oxygen atoms in total. The van der Waals surface area contributed by atoms with Gasteiger partial charge >= 0.3 is 6.03 Å². The van der Waals surface area contributed by atoms with E-state index in [4.69, 9.17) is 0 Å². The van der Waals surface area contributed by atoms with Crippen molar-refractivity contribution in [1.82, 2.24) is 10.2 Å². The molecular formula is C24H31N3O. The summed E-state index contributed by atoms with van der Waals surface area (Å²) in [5.41, 5.74) is 4.68. The van der Waals surface area contributed by atoms with Crippen LogP contribution < -0.4 is 10.6 Å². The number of carbonyl (C=O) groups is 1. The molecule has 2 amide bonds. The van der Waals surface area contributed by atoms with Gasteiger partial charge in [0.25, 0.3) is 0 Å². The van der Waals surface area contributed by atoms with Crippen LogP contribution in [0.4, 0.5) is 10.5 Å². The standard InChI is InChI=1S/C24H31N3O/c1-17-10-12-19(13-11-17)16-27-21-7-5-8-22(27)15-20(14-21)25-24(28)26-23-9-4-3-6-18(23)2/h3-4,6,9-13,20-22H,5,7-8,14-16H2,1-2H3,(H2,25,26,28)/t21-,22-/m1/s1. The van der Waals surface area contributed by atoms with Crippen molar-refractivity contribution >= 4 is 11.7 Å². The van der Waals surface area contributed by atoms with Gasteiger partial charge in [-0.2, -0.15) is 0 Å². The van der Waals surface area contributed by atoms with Crippen LogP contribution in [0.5, 0.6) is 0 Å². The minimum Gasteiger partial charge on any atom is -0.335 e. The Labute approximate surface area is 168 Å². The summed E-state index contributed by atoms with van der Waals surface area (Å²) >= 11 is 0. The summed E-state index contributed by atoms with van der Waals surface area (Å²) in [5.74, 6) is 0. The Bertz CT molecular complexity index is 803. The maximum Gasteiger partial charge on any atom is 0.319 e. The number of urea groups is 1. The third kappa shape index (κ3) is 4.39. The molecule has 0 aliphatic carbocycles. The van der Waals surface area contributed by atoms with Gasteiger partial charge in [0.1, 0.15) is 0 Å². The number of hydrogen-bond donors (Lipinski definition) is 2. The van der Waals surface area contributed by atoms with E-state index in [0.717, 1.165) is 30.6 Å². The van der Waals surface area contributed by atoms with E-state index < -0.39 is 0 Å². The molecule has 4 heteroatoms. The maximum absolute atomic E-state index is 12.5. The van der Waals surface area contributed by atoms with Gasteiger partial charge in [-0.15, -0.1) is 0 Å².